The average molecular weight is 763 g/mol. The maximum Gasteiger partial charge on any atom is 0.143 e. The standard InChI is InChI=1S/C58H34O2/c1-3-18-42-35(12-1)27-31-53-57(42)50-34-38(28-30-51(50)59-53)37-14-9-16-40(32-37)54-45-20-5-7-22-47(45)55(48-23-8-6-21-46(48)54)41-17-10-15-39(33-41)43-24-11-25-52-56(43)49-29-26-36-13-2-4-19-44(36)58(49)60-52/h1-34H. The van der Waals surface area contributed by atoms with Crippen LogP contribution in [-0.4, -0.2) is 0 Å². The monoisotopic (exact) mass is 762 g/mol. The van der Waals surface area contributed by atoms with E-state index in [1.54, 1.807) is 0 Å². The molecule has 0 aliphatic carbocycles. The third kappa shape index (κ3) is 4.88. The summed E-state index contributed by atoms with van der Waals surface area (Å²) in [5, 5.41) is 14.2. The molecule has 278 valence electrons. The zero-order chi connectivity index (χ0) is 39.3. The van der Waals surface area contributed by atoms with Gasteiger partial charge in [0.15, 0.2) is 0 Å². The first kappa shape index (κ1) is 33.1. The molecule has 0 bridgehead atoms. The Balaban J connectivity index is 0.984. The Morgan fingerprint density at radius 1 is 0.250 bits per heavy atom. The minimum atomic E-state index is 0.901. The number of hydrogen-bond donors (Lipinski definition) is 0. The van der Waals surface area contributed by atoms with Crippen molar-refractivity contribution >= 4 is 87.0 Å². The second kappa shape index (κ2) is 12.8. The molecule has 0 amide bonds. The van der Waals surface area contributed by atoms with Gasteiger partial charge in [-0.2, -0.15) is 0 Å². The van der Waals surface area contributed by atoms with Gasteiger partial charge in [0.2, 0.25) is 0 Å². The molecule has 13 aromatic rings. The Kier molecular flexibility index (Phi) is 7.05. The molecule has 11 aromatic carbocycles. The fourth-order valence-corrected chi connectivity index (χ4v) is 9.97. The zero-order valence-electron chi connectivity index (χ0n) is 32.4. The summed E-state index contributed by atoms with van der Waals surface area (Å²) in [5.41, 5.74) is 13.2. The molecular weight excluding hydrogens is 729 g/mol. The van der Waals surface area contributed by atoms with Crippen LogP contribution < -0.4 is 0 Å². The van der Waals surface area contributed by atoms with Gasteiger partial charge < -0.3 is 8.83 Å². The lowest BCUT2D eigenvalue weighted by molar-refractivity contribution is 0.669. The highest BCUT2D eigenvalue weighted by atomic mass is 16.3. The van der Waals surface area contributed by atoms with Crippen molar-refractivity contribution in [2.75, 3.05) is 0 Å². The first-order chi connectivity index (χ1) is 29.7. The number of rotatable bonds is 4. The normalized spacial score (nSPS) is 12.0. The van der Waals surface area contributed by atoms with E-state index >= 15 is 0 Å². The lowest BCUT2D eigenvalue weighted by Gasteiger charge is -2.18. The Morgan fingerprint density at radius 2 is 0.767 bits per heavy atom. The largest absolute Gasteiger partial charge is 0.456 e. The lowest BCUT2D eigenvalue weighted by atomic mass is 9.85. The predicted molar refractivity (Wildman–Crippen MR) is 253 cm³/mol. The van der Waals surface area contributed by atoms with E-state index in [2.05, 4.69) is 206 Å². The first-order valence-corrected chi connectivity index (χ1v) is 20.6. The van der Waals surface area contributed by atoms with E-state index < -0.39 is 0 Å². The summed E-state index contributed by atoms with van der Waals surface area (Å²) < 4.78 is 13.0. The highest BCUT2D eigenvalue weighted by Crippen LogP contribution is 2.46. The molecule has 0 saturated carbocycles. The maximum absolute atomic E-state index is 6.59. The molecule has 0 saturated heterocycles. The van der Waals surface area contributed by atoms with Gasteiger partial charge in [-0.25, -0.2) is 0 Å². The van der Waals surface area contributed by atoms with Crippen LogP contribution in [0.3, 0.4) is 0 Å². The third-order valence-electron chi connectivity index (χ3n) is 12.6. The molecule has 0 N–H and O–H groups in total. The van der Waals surface area contributed by atoms with Gasteiger partial charge >= 0.3 is 0 Å². The summed E-state index contributed by atoms with van der Waals surface area (Å²) in [6.45, 7) is 0. The molecule has 0 radical (unpaired) electrons. The Hall–Kier alpha value is -7.94. The van der Waals surface area contributed by atoms with Gasteiger partial charge in [0, 0.05) is 26.9 Å². The van der Waals surface area contributed by atoms with E-state index in [-0.39, 0.29) is 0 Å². The van der Waals surface area contributed by atoms with Gasteiger partial charge in [0.25, 0.3) is 0 Å². The zero-order valence-corrected chi connectivity index (χ0v) is 32.4. The summed E-state index contributed by atoms with van der Waals surface area (Å²) in [7, 11) is 0. The Morgan fingerprint density at radius 3 is 1.48 bits per heavy atom. The molecule has 2 nitrogen and oxygen atoms in total. The fourth-order valence-electron chi connectivity index (χ4n) is 9.97. The van der Waals surface area contributed by atoms with Crippen molar-refractivity contribution in [2.24, 2.45) is 0 Å². The molecular formula is C58H34O2. The Bertz CT molecular complexity index is 3840. The van der Waals surface area contributed by atoms with Crippen LogP contribution in [0.2, 0.25) is 0 Å². The lowest BCUT2D eigenvalue weighted by Crippen LogP contribution is -1.91. The van der Waals surface area contributed by atoms with Crippen molar-refractivity contribution in [3.05, 3.63) is 206 Å². The summed E-state index contributed by atoms with van der Waals surface area (Å²) in [6.07, 6.45) is 0. The van der Waals surface area contributed by atoms with Gasteiger partial charge in [0.05, 0.1) is 0 Å². The maximum atomic E-state index is 6.59. The van der Waals surface area contributed by atoms with Gasteiger partial charge in [-0.3, -0.25) is 0 Å². The van der Waals surface area contributed by atoms with Crippen molar-refractivity contribution in [1.82, 2.24) is 0 Å². The average Bonchev–Trinajstić information content (AvgIpc) is 3.90. The van der Waals surface area contributed by atoms with Crippen molar-refractivity contribution in [3.63, 3.8) is 0 Å². The smallest absolute Gasteiger partial charge is 0.143 e. The van der Waals surface area contributed by atoms with Crippen LogP contribution in [0.4, 0.5) is 0 Å². The molecule has 2 heteroatoms. The highest BCUT2D eigenvalue weighted by molar-refractivity contribution is 6.23. The number of fused-ring (bicyclic) bond motifs is 12. The second-order valence-corrected chi connectivity index (χ2v) is 15.9. The number of hydrogen-bond acceptors (Lipinski definition) is 2. The van der Waals surface area contributed by atoms with Crippen molar-refractivity contribution in [2.45, 2.75) is 0 Å². The SMILES string of the molecule is c1cc(-c2ccc3oc4ccc5ccccc5c4c3c2)cc(-c2c3ccccc3c(-c3cccc(-c4cccc5oc6c7ccccc7ccc6c45)c3)c3ccccc23)c1. The van der Waals surface area contributed by atoms with Crippen LogP contribution in [0, 0.1) is 0 Å². The van der Waals surface area contributed by atoms with Gasteiger partial charge in [-0.05, 0) is 125 Å². The van der Waals surface area contributed by atoms with E-state index in [1.807, 2.05) is 0 Å². The van der Waals surface area contributed by atoms with Gasteiger partial charge in [0.1, 0.15) is 22.3 Å². The summed E-state index contributed by atoms with van der Waals surface area (Å²) >= 11 is 0. The van der Waals surface area contributed by atoms with E-state index in [1.165, 1.54) is 76.5 Å². The van der Waals surface area contributed by atoms with Gasteiger partial charge in [-0.1, -0.05) is 164 Å². The van der Waals surface area contributed by atoms with Crippen LogP contribution in [0.1, 0.15) is 0 Å². The Labute approximate surface area is 345 Å². The molecule has 0 spiro atoms. The first-order valence-electron chi connectivity index (χ1n) is 20.6. The minimum Gasteiger partial charge on any atom is -0.456 e. The van der Waals surface area contributed by atoms with Gasteiger partial charge in [-0.15, -0.1) is 0 Å². The molecule has 0 fully saturated rings. The van der Waals surface area contributed by atoms with Crippen molar-refractivity contribution in [3.8, 4) is 44.5 Å². The second-order valence-electron chi connectivity index (χ2n) is 15.9. The molecule has 2 heterocycles. The quantitative estimate of drug-likeness (QED) is 0.167. The van der Waals surface area contributed by atoms with E-state index in [4.69, 9.17) is 8.83 Å². The molecule has 0 aliphatic heterocycles. The third-order valence-corrected chi connectivity index (χ3v) is 12.6. The number of furan rings is 2. The molecule has 0 atom stereocenters. The van der Waals surface area contributed by atoms with Crippen molar-refractivity contribution in [1.29, 1.82) is 0 Å². The topological polar surface area (TPSA) is 26.3 Å². The molecule has 60 heavy (non-hydrogen) atoms. The molecule has 2 aromatic heterocycles. The molecule has 13 rings (SSSR count). The molecule has 0 unspecified atom stereocenters. The van der Waals surface area contributed by atoms with Crippen LogP contribution >= 0.6 is 0 Å². The fraction of sp³-hybridized carbons (Fsp3) is 0. The van der Waals surface area contributed by atoms with E-state index in [0.717, 1.165) is 55.0 Å². The molecule has 0 aliphatic rings. The summed E-state index contributed by atoms with van der Waals surface area (Å²) in [6, 6.07) is 74.6. The van der Waals surface area contributed by atoms with Crippen molar-refractivity contribution < 1.29 is 8.83 Å². The minimum absolute atomic E-state index is 0.901. The van der Waals surface area contributed by atoms with Crippen LogP contribution in [0.5, 0.6) is 0 Å². The summed E-state index contributed by atoms with van der Waals surface area (Å²) in [5.74, 6) is 0. The predicted octanol–water partition coefficient (Wildman–Crippen LogP) is 16.8. The summed E-state index contributed by atoms with van der Waals surface area (Å²) in [4.78, 5) is 0. The van der Waals surface area contributed by atoms with Crippen LogP contribution in [0.25, 0.3) is 131 Å². The van der Waals surface area contributed by atoms with E-state index in [0.29, 0.717) is 0 Å². The van der Waals surface area contributed by atoms with Crippen LogP contribution in [0.15, 0.2) is 215 Å². The van der Waals surface area contributed by atoms with Crippen LogP contribution in [-0.2, 0) is 0 Å². The highest BCUT2D eigenvalue weighted by Gasteiger charge is 2.20. The van der Waals surface area contributed by atoms with E-state index in [9.17, 15) is 0 Å². The number of benzene rings is 11.